The van der Waals surface area contributed by atoms with Crippen LogP contribution >= 0.6 is 11.8 Å². The Hall–Kier alpha value is -3.35. The van der Waals surface area contributed by atoms with Gasteiger partial charge in [-0.15, -0.1) is 10.2 Å². The van der Waals surface area contributed by atoms with E-state index in [1.54, 1.807) is 4.90 Å². The Balaban J connectivity index is 1.59. The van der Waals surface area contributed by atoms with Crippen molar-refractivity contribution >= 4 is 29.3 Å². The Morgan fingerprint density at radius 3 is 2.51 bits per heavy atom. The highest BCUT2D eigenvalue weighted by atomic mass is 32.2. The van der Waals surface area contributed by atoms with Gasteiger partial charge in [0.25, 0.3) is 0 Å². The lowest BCUT2D eigenvalue weighted by atomic mass is 10.1. The topological polar surface area (TPSA) is 87.3 Å². The first-order valence-electron chi connectivity index (χ1n) is 11.7. The molecule has 1 aliphatic rings. The van der Waals surface area contributed by atoms with E-state index in [9.17, 15) is 4.79 Å². The maximum absolute atomic E-state index is 13.3. The minimum atomic E-state index is -0.0696. The van der Waals surface area contributed by atoms with Gasteiger partial charge in [0.2, 0.25) is 11.9 Å². The molecule has 1 aliphatic heterocycles. The van der Waals surface area contributed by atoms with Crippen LogP contribution in [0.5, 0.6) is 0 Å². The van der Waals surface area contributed by atoms with Crippen LogP contribution in [0.4, 0.5) is 11.6 Å². The van der Waals surface area contributed by atoms with Crippen molar-refractivity contribution in [3.63, 3.8) is 0 Å². The maximum atomic E-state index is 13.3. The summed E-state index contributed by atoms with van der Waals surface area (Å²) in [5.74, 6) is 0.869. The quantitative estimate of drug-likeness (QED) is 0.440. The van der Waals surface area contributed by atoms with Gasteiger partial charge in [-0.2, -0.15) is 5.26 Å². The molecule has 8 nitrogen and oxygen atoms in total. The summed E-state index contributed by atoms with van der Waals surface area (Å²) < 4.78 is 7.52. The van der Waals surface area contributed by atoms with E-state index in [-0.39, 0.29) is 18.1 Å². The summed E-state index contributed by atoms with van der Waals surface area (Å²) in [4.78, 5) is 17.2. The number of benzene rings is 2. The van der Waals surface area contributed by atoms with E-state index < -0.39 is 0 Å². The average molecular weight is 491 g/mol. The van der Waals surface area contributed by atoms with Crippen molar-refractivity contribution in [2.45, 2.75) is 32.3 Å². The number of ether oxygens (including phenoxy) is 1. The number of carbonyl (C=O) groups excluding carboxylic acids is 1. The molecule has 2 aromatic carbocycles. The van der Waals surface area contributed by atoms with Gasteiger partial charge in [0.05, 0.1) is 37.1 Å². The molecule has 4 rings (SSSR count). The molecular weight excluding hydrogens is 460 g/mol. The van der Waals surface area contributed by atoms with Gasteiger partial charge < -0.3 is 14.5 Å². The first-order valence-corrected chi connectivity index (χ1v) is 12.7. The zero-order valence-electron chi connectivity index (χ0n) is 20.4. The van der Waals surface area contributed by atoms with E-state index in [2.05, 4.69) is 40.2 Å². The predicted octanol–water partition coefficient (Wildman–Crippen LogP) is 4.07. The molecule has 2 heterocycles. The van der Waals surface area contributed by atoms with Gasteiger partial charge >= 0.3 is 0 Å². The molecule has 0 atom stereocenters. The lowest BCUT2D eigenvalue weighted by Gasteiger charge is -2.28. The molecule has 0 radical (unpaired) electrons. The molecule has 0 spiro atoms. The largest absolute Gasteiger partial charge is 0.378 e. The lowest BCUT2D eigenvalue weighted by Crippen LogP contribution is -2.38. The molecular formula is C26H30N6O2S. The fourth-order valence-corrected chi connectivity index (χ4v) is 4.72. The molecule has 35 heavy (non-hydrogen) atoms. The predicted molar refractivity (Wildman–Crippen MR) is 138 cm³/mol. The molecule has 0 saturated carbocycles. The second-order valence-corrected chi connectivity index (χ2v) is 9.51. The molecule has 0 N–H and O–H groups in total. The molecule has 1 amide bonds. The van der Waals surface area contributed by atoms with Gasteiger partial charge in [0, 0.05) is 25.3 Å². The zero-order chi connectivity index (χ0) is 24.8. The number of hydrogen-bond acceptors (Lipinski definition) is 7. The summed E-state index contributed by atoms with van der Waals surface area (Å²) in [6.45, 7) is 9.23. The van der Waals surface area contributed by atoms with Crippen LogP contribution < -0.4 is 9.80 Å². The van der Waals surface area contributed by atoms with Crippen LogP contribution in [0.1, 0.15) is 23.1 Å². The summed E-state index contributed by atoms with van der Waals surface area (Å²) >= 11 is 1.36. The molecule has 0 unspecified atom stereocenters. The van der Waals surface area contributed by atoms with Gasteiger partial charge in [-0.1, -0.05) is 35.5 Å². The highest BCUT2D eigenvalue weighted by Gasteiger charge is 2.23. The third-order valence-corrected chi connectivity index (χ3v) is 6.99. The van der Waals surface area contributed by atoms with Gasteiger partial charge in [-0.3, -0.25) is 9.36 Å². The Kier molecular flexibility index (Phi) is 8.06. The number of hydrogen-bond donors (Lipinski definition) is 0. The van der Waals surface area contributed by atoms with Crippen molar-refractivity contribution in [2.24, 2.45) is 0 Å². The molecule has 9 heteroatoms. The molecule has 0 bridgehead atoms. The molecule has 3 aromatic rings. The van der Waals surface area contributed by atoms with E-state index in [4.69, 9.17) is 10.00 Å². The van der Waals surface area contributed by atoms with Crippen LogP contribution in [0.3, 0.4) is 0 Å². The van der Waals surface area contributed by atoms with Gasteiger partial charge in [-0.05, 0) is 56.2 Å². The number of aryl methyl sites for hydroxylation is 3. The number of amides is 1. The van der Waals surface area contributed by atoms with Crippen LogP contribution in [-0.2, 0) is 9.53 Å². The van der Waals surface area contributed by atoms with E-state index >= 15 is 0 Å². The number of anilines is 2. The van der Waals surface area contributed by atoms with Crippen molar-refractivity contribution in [2.75, 3.05) is 48.4 Å². The van der Waals surface area contributed by atoms with Crippen LogP contribution in [0.2, 0.25) is 0 Å². The van der Waals surface area contributed by atoms with E-state index in [1.807, 2.05) is 48.7 Å². The molecule has 1 aromatic heterocycles. The smallest absolute Gasteiger partial charge is 0.237 e. The summed E-state index contributed by atoms with van der Waals surface area (Å²) in [6.07, 6.45) is 0.268. The normalized spacial score (nSPS) is 13.5. The summed E-state index contributed by atoms with van der Waals surface area (Å²) in [5.41, 5.74) is 5.20. The lowest BCUT2D eigenvalue weighted by molar-refractivity contribution is -0.116. The number of nitriles is 1. The monoisotopic (exact) mass is 490 g/mol. The molecule has 182 valence electrons. The number of rotatable bonds is 8. The summed E-state index contributed by atoms with van der Waals surface area (Å²) in [7, 11) is 0. The van der Waals surface area contributed by atoms with Crippen molar-refractivity contribution < 1.29 is 9.53 Å². The SMILES string of the molecule is Cc1ccc(-n2c(SCC(=O)N(CCC#N)c3ccc(C)c(C)c3)nnc2N2CCOCC2)cc1. The highest BCUT2D eigenvalue weighted by Crippen LogP contribution is 2.28. The summed E-state index contributed by atoms with van der Waals surface area (Å²) in [5, 5.41) is 18.7. The molecule has 1 saturated heterocycles. The minimum Gasteiger partial charge on any atom is -0.378 e. The van der Waals surface area contributed by atoms with Crippen LogP contribution in [0.25, 0.3) is 5.69 Å². The fraction of sp³-hybridized carbons (Fsp3) is 0.385. The van der Waals surface area contributed by atoms with Crippen molar-refractivity contribution in [3.05, 3.63) is 59.2 Å². The van der Waals surface area contributed by atoms with Crippen molar-refractivity contribution in [1.29, 1.82) is 5.26 Å². The number of carbonyl (C=O) groups is 1. The highest BCUT2D eigenvalue weighted by molar-refractivity contribution is 7.99. The van der Waals surface area contributed by atoms with Crippen LogP contribution in [0.15, 0.2) is 47.6 Å². The number of morpholine rings is 1. The Labute approximate surface area is 210 Å². The fourth-order valence-electron chi connectivity index (χ4n) is 3.90. The summed E-state index contributed by atoms with van der Waals surface area (Å²) in [6, 6.07) is 16.3. The molecule has 0 aliphatic carbocycles. The van der Waals surface area contributed by atoms with Crippen molar-refractivity contribution in [1.82, 2.24) is 14.8 Å². The Bertz CT molecular complexity index is 1210. The zero-order valence-corrected chi connectivity index (χ0v) is 21.2. The number of nitrogens with zero attached hydrogens (tertiary/aromatic N) is 6. The number of thioether (sulfide) groups is 1. The van der Waals surface area contributed by atoms with Gasteiger partial charge in [0.15, 0.2) is 5.16 Å². The van der Waals surface area contributed by atoms with Gasteiger partial charge in [-0.25, -0.2) is 0 Å². The van der Waals surface area contributed by atoms with Crippen LogP contribution in [-0.4, -0.2) is 59.3 Å². The third kappa shape index (κ3) is 5.84. The first kappa shape index (κ1) is 24.8. The Morgan fingerprint density at radius 2 is 1.83 bits per heavy atom. The molecule has 1 fully saturated rings. The van der Waals surface area contributed by atoms with E-state index in [1.165, 1.54) is 17.3 Å². The van der Waals surface area contributed by atoms with Gasteiger partial charge in [0.1, 0.15) is 0 Å². The van der Waals surface area contributed by atoms with E-state index in [0.717, 1.165) is 41.5 Å². The van der Waals surface area contributed by atoms with Crippen molar-refractivity contribution in [3.8, 4) is 11.8 Å². The maximum Gasteiger partial charge on any atom is 0.237 e. The Morgan fingerprint density at radius 1 is 1.09 bits per heavy atom. The average Bonchev–Trinajstić information content (AvgIpc) is 3.30. The number of aromatic nitrogens is 3. The van der Waals surface area contributed by atoms with E-state index in [0.29, 0.717) is 24.9 Å². The standard InChI is InChI=1S/C26H30N6O2S/c1-19-5-8-22(9-6-19)32-25(30-13-15-34-16-14-30)28-29-26(32)35-18-24(33)31(12-4-11-27)23-10-7-20(2)21(3)17-23/h5-10,17H,4,12-16,18H2,1-3H3. The van der Waals surface area contributed by atoms with Crippen LogP contribution in [0, 0.1) is 32.1 Å². The second kappa shape index (κ2) is 11.4. The second-order valence-electron chi connectivity index (χ2n) is 8.56. The first-order chi connectivity index (χ1) is 17.0. The third-order valence-electron chi connectivity index (χ3n) is 6.08. The minimum absolute atomic E-state index is 0.0696.